The van der Waals surface area contributed by atoms with Gasteiger partial charge in [0.05, 0.1) is 11.8 Å². The molecule has 0 unspecified atom stereocenters. The largest absolute Gasteiger partial charge is 0.346 e. The Bertz CT molecular complexity index is 1150. The highest BCUT2D eigenvalue weighted by Gasteiger charge is 2.32. The predicted molar refractivity (Wildman–Crippen MR) is 145 cm³/mol. The molecule has 4 rings (SSSR count). The topological polar surface area (TPSA) is 49.4 Å². The van der Waals surface area contributed by atoms with Gasteiger partial charge in [-0.3, -0.25) is 9.59 Å². The molecule has 2 atom stereocenters. The molecule has 35 heavy (non-hydrogen) atoms. The van der Waals surface area contributed by atoms with Gasteiger partial charge in [0.25, 0.3) is 5.91 Å². The van der Waals surface area contributed by atoms with Gasteiger partial charge in [0, 0.05) is 12.1 Å². The Hall–Kier alpha value is -3.05. The third-order valence-electron chi connectivity index (χ3n) is 6.53. The van der Waals surface area contributed by atoms with Crippen LogP contribution in [0, 0.1) is 0 Å². The first kappa shape index (κ1) is 25.1. The Kier molecular flexibility index (Phi) is 7.66. The molecule has 4 nitrogen and oxygen atoms in total. The Labute approximate surface area is 213 Å². The number of benzene rings is 3. The maximum absolute atomic E-state index is 12.9. The van der Waals surface area contributed by atoms with Crippen LogP contribution in [0.25, 0.3) is 0 Å². The Balaban J connectivity index is 1.38. The number of hydrogen-bond donors (Lipinski definition) is 1. The quantitative estimate of drug-likeness (QED) is 0.427. The molecule has 1 aliphatic heterocycles. The number of amides is 2. The zero-order valence-electron chi connectivity index (χ0n) is 21.0. The smallest absolute Gasteiger partial charge is 0.251 e. The molecule has 1 heterocycles. The molecule has 1 fully saturated rings. The lowest BCUT2D eigenvalue weighted by Crippen LogP contribution is -2.30. The maximum atomic E-state index is 12.9. The van der Waals surface area contributed by atoms with E-state index in [1.54, 1.807) is 11.8 Å². The molecule has 3 aromatic rings. The lowest BCUT2D eigenvalue weighted by atomic mass is 9.86. The summed E-state index contributed by atoms with van der Waals surface area (Å²) in [6.07, 6.45) is 0.832. The second kappa shape index (κ2) is 10.7. The third kappa shape index (κ3) is 6.15. The van der Waals surface area contributed by atoms with Crippen molar-refractivity contribution < 1.29 is 9.59 Å². The van der Waals surface area contributed by atoms with Crippen molar-refractivity contribution in [3.63, 3.8) is 0 Å². The number of rotatable bonds is 7. The van der Waals surface area contributed by atoms with Crippen LogP contribution in [0.3, 0.4) is 0 Å². The molecular formula is C30H34N2O2S. The summed E-state index contributed by atoms with van der Waals surface area (Å²) >= 11 is 1.65. The summed E-state index contributed by atoms with van der Waals surface area (Å²) in [5, 5.41) is 3.09. The maximum Gasteiger partial charge on any atom is 0.251 e. The molecule has 1 aliphatic rings. The van der Waals surface area contributed by atoms with Crippen LogP contribution < -0.4 is 5.32 Å². The van der Waals surface area contributed by atoms with E-state index < -0.39 is 0 Å². The lowest BCUT2D eigenvalue weighted by molar-refractivity contribution is -0.128. The van der Waals surface area contributed by atoms with E-state index >= 15 is 0 Å². The van der Waals surface area contributed by atoms with Crippen molar-refractivity contribution in [1.82, 2.24) is 10.2 Å². The molecule has 2 amide bonds. The molecule has 0 radical (unpaired) electrons. The molecule has 0 aromatic heterocycles. The Morgan fingerprint density at radius 3 is 2.29 bits per heavy atom. The minimum absolute atomic E-state index is 0.0106. The van der Waals surface area contributed by atoms with Gasteiger partial charge in [-0.1, -0.05) is 87.5 Å². The second-order valence-corrected chi connectivity index (χ2v) is 11.2. The molecule has 0 bridgehead atoms. The van der Waals surface area contributed by atoms with Crippen molar-refractivity contribution in [2.45, 2.75) is 50.9 Å². The van der Waals surface area contributed by atoms with Gasteiger partial charge in [0.15, 0.2) is 0 Å². The second-order valence-electron chi connectivity index (χ2n) is 10.2. The average molecular weight is 487 g/mol. The van der Waals surface area contributed by atoms with Crippen LogP contribution in [-0.4, -0.2) is 29.0 Å². The number of nitrogens with one attached hydrogen (secondary N) is 1. The summed E-state index contributed by atoms with van der Waals surface area (Å²) in [6, 6.07) is 26.3. The van der Waals surface area contributed by atoms with Crippen LogP contribution in [-0.2, 0) is 16.6 Å². The molecule has 0 saturated carbocycles. The summed E-state index contributed by atoms with van der Waals surface area (Å²) < 4.78 is 0. The van der Waals surface area contributed by atoms with Crippen molar-refractivity contribution in [3.8, 4) is 0 Å². The third-order valence-corrected chi connectivity index (χ3v) is 7.79. The van der Waals surface area contributed by atoms with Crippen LogP contribution >= 0.6 is 11.8 Å². The number of carbonyl (C=O) groups is 2. The minimum atomic E-state index is -0.0972. The lowest BCUT2D eigenvalue weighted by Gasteiger charge is -2.24. The zero-order chi connectivity index (χ0) is 25.0. The van der Waals surface area contributed by atoms with Crippen LogP contribution in [0.2, 0.25) is 0 Å². The van der Waals surface area contributed by atoms with E-state index in [2.05, 4.69) is 62.5 Å². The van der Waals surface area contributed by atoms with Gasteiger partial charge in [-0.25, -0.2) is 0 Å². The van der Waals surface area contributed by atoms with Gasteiger partial charge < -0.3 is 10.2 Å². The summed E-state index contributed by atoms with van der Waals surface area (Å²) in [5.74, 6) is 0.566. The molecular weight excluding hydrogens is 452 g/mol. The highest BCUT2D eigenvalue weighted by atomic mass is 32.2. The van der Waals surface area contributed by atoms with Crippen LogP contribution in [0.15, 0.2) is 78.9 Å². The first-order valence-electron chi connectivity index (χ1n) is 12.2. The number of thioether (sulfide) groups is 1. The van der Waals surface area contributed by atoms with Gasteiger partial charge >= 0.3 is 0 Å². The van der Waals surface area contributed by atoms with Crippen LogP contribution in [0.5, 0.6) is 0 Å². The molecule has 0 spiro atoms. The van der Waals surface area contributed by atoms with Gasteiger partial charge in [-0.15, -0.1) is 11.8 Å². The van der Waals surface area contributed by atoms with Crippen molar-refractivity contribution in [2.75, 3.05) is 12.3 Å². The monoisotopic (exact) mass is 486 g/mol. The van der Waals surface area contributed by atoms with Gasteiger partial charge in [-0.2, -0.15) is 0 Å². The van der Waals surface area contributed by atoms with E-state index in [4.69, 9.17) is 0 Å². The molecule has 3 aromatic carbocycles. The summed E-state index contributed by atoms with van der Waals surface area (Å²) in [4.78, 5) is 27.4. The normalized spacial score (nSPS) is 16.9. The van der Waals surface area contributed by atoms with Crippen molar-refractivity contribution in [3.05, 3.63) is 107 Å². The van der Waals surface area contributed by atoms with E-state index in [9.17, 15) is 9.59 Å². The SMILES string of the molecule is C[C@H](NC(=O)c1ccc([C@@H]2SCC(=O)N2CCc2ccccc2)cc1)c1ccc(C(C)(C)C)cc1. The standard InChI is InChI=1S/C30H34N2O2S/c1-21(23-14-16-26(17-15-23)30(2,3)4)31-28(34)24-10-12-25(13-11-24)29-32(27(33)20-35-29)19-18-22-8-6-5-7-9-22/h5-17,21,29H,18-20H2,1-4H3,(H,31,34)/t21-,29-/m0/s1. The fourth-order valence-corrected chi connectivity index (χ4v) is 5.52. The van der Waals surface area contributed by atoms with Crippen LogP contribution in [0.1, 0.15) is 71.7 Å². The fraction of sp³-hybridized carbons (Fsp3) is 0.333. The summed E-state index contributed by atoms with van der Waals surface area (Å²) in [5.41, 5.74) is 5.36. The van der Waals surface area contributed by atoms with Gasteiger partial charge in [0.1, 0.15) is 5.37 Å². The minimum Gasteiger partial charge on any atom is -0.346 e. The summed E-state index contributed by atoms with van der Waals surface area (Å²) in [6.45, 7) is 9.27. The van der Waals surface area contributed by atoms with E-state index in [1.807, 2.05) is 54.3 Å². The van der Waals surface area contributed by atoms with Crippen molar-refractivity contribution in [1.29, 1.82) is 0 Å². The van der Waals surface area contributed by atoms with Gasteiger partial charge in [-0.05, 0) is 53.1 Å². The highest BCUT2D eigenvalue weighted by molar-refractivity contribution is 8.00. The summed E-state index contributed by atoms with van der Waals surface area (Å²) in [7, 11) is 0. The van der Waals surface area contributed by atoms with Crippen LogP contribution in [0.4, 0.5) is 0 Å². The number of hydrogen-bond acceptors (Lipinski definition) is 3. The molecule has 5 heteroatoms. The van der Waals surface area contributed by atoms with Crippen molar-refractivity contribution >= 4 is 23.6 Å². The average Bonchev–Trinajstić information content (AvgIpc) is 3.23. The Morgan fingerprint density at radius 2 is 1.66 bits per heavy atom. The van der Waals surface area contributed by atoms with E-state index in [0.717, 1.165) is 17.5 Å². The van der Waals surface area contributed by atoms with Gasteiger partial charge in [0.2, 0.25) is 5.91 Å². The van der Waals surface area contributed by atoms with E-state index in [1.165, 1.54) is 11.1 Å². The molecule has 1 saturated heterocycles. The first-order valence-corrected chi connectivity index (χ1v) is 13.2. The Morgan fingerprint density at radius 1 is 1.00 bits per heavy atom. The molecule has 0 aliphatic carbocycles. The fourth-order valence-electron chi connectivity index (χ4n) is 4.30. The van der Waals surface area contributed by atoms with E-state index in [0.29, 0.717) is 17.9 Å². The molecule has 1 N–H and O–H groups in total. The first-order chi connectivity index (χ1) is 16.7. The zero-order valence-corrected chi connectivity index (χ0v) is 21.8. The molecule has 182 valence electrons. The predicted octanol–water partition coefficient (Wildman–Crippen LogP) is 6.29. The highest BCUT2D eigenvalue weighted by Crippen LogP contribution is 2.38. The number of carbonyl (C=O) groups excluding carboxylic acids is 2. The van der Waals surface area contributed by atoms with E-state index in [-0.39, 0.29) is 28.6 Å². The van der Waals surface area contributed by atoms with Crippen molar-refractivity contribution in [2.24, 2.45) is 0 Å². The number of nitrogens with zero attached hydrogens (tertiary/aromatic N) is 1.